The van der Waals surface area contributed by atoms with Crippen molar-refractivity contribution in [2.45, 2.75) is 37.1 Å². The molecule has 1 N–H and O–H groups in total. The zero-order valence-corrected chi connectivity index (χ0v) is 16.9. The molecule has 0 radical (unpaired) electrons. The number of ether oxygens (including phenoxy) is 1. The maximum Gasteiger partial charge on any atom is 0.230 e. The standard InChI is InChI=1S/C23H29FN2O2/c1-26(2)21(17-6-12-20(28-3)13-7-17)16-25-22(27)23(14-4-5-15-23)18-8-10-19(24)11-9-18/h6-13,21H,4-5,14-16H2,1-3H3,(H,25,27)/t21-/m0/s1. The molecule has 2 aromatic carbocycles. The van der Waals surface area contributed by atoms with Crippen LogP contribution in [0.25, 0.3) is 0 Å². The van der Waals surface area contributed by atoms with Crippen molar-refractivity contribution in [2.75, 3.05) is 27.7 Å². The maximum absolute atomic E-state index is 13.4. The second-order valence-electron chi connectivity index (χ2n) is 7.76. The number of methoxy groups -OCH3 is 1. The Bertz CT molecular complexity index is 781. The third kappa shape index (κ3) is 4.20. The van der Waals surface area contributed by atoms with Gasteiger partial charge in [-0.3, -0.25) is 4.79 Å². The average molecular weight is 384 g/mol. The lowest BCUT2D eigenvalue weighted by molar-refractivity contribution is -0.126. The Hall–Kier alpha value is -2.40. The molecule has 1 aliphatic rings. The maximum atomic E-state index is 13.4. The number of nitrogens with zero attached hydrogens (tertiary/aromatic N) is 1. The van der Waals surface area contributed by atoms with E-state index >= 15 is 0 Å². The highest BCUT2D eigenvalue weighted by Crippen LogP contribution is 2.41. The van der Waals surface area contributed by atoms with Crippen LogP contribution in [0, 0.1) is 5.82 Å². The number of likely N-dealkylation sites (N-methyl/N-ethyl adjacent to an activating group) is 1. The molecule has 1 amide bonds. The first-order valence-corrected chi connectivity index (χ1v) is 9.81. The second kappa shape index (κ2) is 8.74. The van der Waals surface area contributed by atoms with Crippen molar-refractivity contribution in [1.29, 1.82) is 0 Å². The number of rotatable bonds is 7. The first-order valence-electron chi connectivity index (χ1n) is 9.81. The molecule has 1 aliphatic carbocycles. The Kier molecular flexibility index (Phi) is 6.35. The fourth-order valence-electron chi connectivity index (χ4n) is 4.18. The van der Waals surface area contributed by atoms with Crippen LogP contribution in [0.2, 0.25) is 0 Å². The zero-order valence-electron chi connectivity index (χ0n) is 16.9. The summed E-state index contributed by atoms with van der Waals surface area (Å²) in [7, 11) is 5.66. The van der Waals surface area contributed by atoms with E-state index in [0.29, 0.717) is 6.54 Å². The molecule has 5 heteroatoms. The van der Waals surface area contributed by atoms with Crippen LogP contribution >= 0.6 is 0 Å². The Labute approximate surface area is 166 Å². The van der Waals surface area contributed by atoms with Crippen LogP contribution in [-0.2, 0) is 10.2 Å². The summed E-state index contributed by atoms with van der Waals surface area (Å²) >= 11 is 0. The predicted octanol–water partition coefficient (Wildman–Crippen LogP) is 4.07. The van der Waals surface area contributed by atoms with Crippen molar-refractivity contribution in [3.05, 3.63) is 65.5 Å². The van der Waals surface area contributed by atoms with Crippen LogP contribution in [0.3, 0.4) is 0 Å². The molecule has 4 nitrogen and oxygen atoms in total. The molecule has 0 aliphatic heterocycles. The van der Waals surface area contributed by atoms with Crippen molar-refractivity contribution >= 4 is 5.91 Å². The highest BCUT2D eigenvalue weighted by Gasteiger charge is 2.42. The first kappa shape index (κ1) is 20.3. The van der Waals surface area contributed by atoms with E-state index in [1.165, 1.54) is 12.1 Å². The lowest BCUT2D eigenvalue weighted by Crippen LogP contribution is -2.45. The van der Waals surface area contributed by atoms with Crippen molar-refractivity contribution in [3.8, 4) is 5.75 Å². The summed E-state index contributed by atoms with van der Waals surface area (Å²) in [5.74, 6) is 0.577. The van der Waals surface area contributed by atoms with E-state index in [-0.39, 0.29) is 17.8 Å². The van der Waals surface area contributed by atoms with Gasteiger partial charge >= 0.3 is 0 Å². The van der Waals surface area contributed by atoms with Gasteiger partial charge in [0, 0.05) is 6.54 Å². The summed E-state index contributed by atoms with van der Waals surface area (Å²) in [6, 6.07) is 14.4. The molecule has 0 unspecified atom stereocenters. The summed E-state index contributed by atoms with van der Waals surface area (Å²) in [4.78, 5) is 15.4. The minimum Gasteiger partial charge on any atom is -0.497 e. The topological polar surface area (TPSA) is 41.6 Å². The molecule has 0 bridgehead atoms. The van der Waals surface area contributed by atoms with Gasteiger partial charge in [-0.2, -0.15) is 0 Å². The third-order valence-corrected chi connectivity index (χ3v) is 5.87. The van der Waals surface area contributed by atoms with Crippen molar-refractivity contribution in [2.24, 2.45) is 0 Å². The third-order valence-electron chi connectivity index (χ3n) is 5.87. The van der Waals surface area contributed by atoms with Gasteiger partial charge in [-0.15, -0.1) is 0 Å². The number of hydrogen-bond donors (Lipinski definition) is 1. The number of amides is 1. The van der Waals surface area contributed by atoms with Gasteiger partial charge < -0.3 is 15.0 Å². The summed E-state index contributed by atoms with van der Waals surface area (Å²) < 4.78 is 18.6. The van der Waals surface area contributed by atoms with Crippen LogP contribution in [0.15, 0.2) is 48.5 Å². The molecule has 1 saturated carbocycles. The van der Waals surface area contributed by atoms with Gasteiger partial charge in [-0.1, -0.05) is 37.1 Å². The van der Waals surface area contributed by atoms with E-state index < -0.39 is 5.41 Å². The molecule has 1 atom stereocenters. The number of hydrogen-bond acceptors (Lipinski definition) is 3. The molecule has 0 spiro atoms. The molecule has 0 saturated heterocycles. The van der Waals surface area contributed by atoms with E-state index in [1.807, 2.05) is 38.4 Å². The minimum absolute atomic E-state index is 0.0389. The molecular formula is C23H29FN2O2. The summed E-state index contributed by atoms with van der Waals surface area (Å²) in [5, 5.41) is 3.18. The van der Waals surface area contributed by atoms with Crippen LogP contribution < -0.4 is 10.1 Å². The largest absolute Gasteiger partial charge is 0.497 e. The number of benzene rings is 2. The fourth-order valence-corrected chi connectivity index (χ4v) is 4.18. The van der Waals surface area contributed by atoms with Gasteiger partial charge in [0.1, 0.15) is 11.6 Å². The van der Waals surface area contributed by atoms with Gasteiger partial charge in [-0.05, 0) is 62.3 Å². The molecule has 0 aromatic heterocycles. The van der Waals surface area contributed by atoms with Crippen LogP contribution in [-0.4, -0.2) is 38.6 Å². The van der Waals surface area contributed by atoms with Crippen LogP contribution in [0.4, 0.5) is 4.39 Å². The zero-order chi connectivity index (χ0) is 20.1. The first-order chi connectivity index (χ1) is 13.5. The smallest absolute Gasteiger partial charge is 0.230 e. The van der Waals surface area contributed by atoms with Crippen LogP contribution in [0.5, 0.6) is 5.75 Å². The Balaban J connectivity index is 1.76. The van der Waals surface area contributed by atoms with Gasteiger partial charge in [0.15, 0.2) is 0 Å². The monoisotopic (exact) mass is 384 g/mol. The summed E-state index contributed by atoms with van der Waals surface area (Å²) in [5.41, 5.74) is 1.48. The molecule has 1 fully saturated rings. The number of carbonyl (C=O) groups is 1. The normalized spacial score (nSPS) is 16.8. The lowest BCUT2D eigenvalue weighted by atomic mass is 9.78. The molecule has 28 heavy (non-hydrogen) atoms. The Morgan fingerprint density at radius 2 is 1.71 bits per heavy atom. The van der Waals surface area contributed by atoms with Crippen molar-refractivity contribution in [3.63, 3.8) is 0 Å². The van der Waals surface area contributed by atoms with E-state index in [4.69, 9.17) is 4.74 Å². The van der Waals surface area contributed by atoms with Crippen molar-refractivity contribution < 1.29 is 13.9 Å². The van der Waals surface area contributed by atoms with Crippen molar-refractivity contribution in [1.82, 2.24) is 10.2 Å². The summed E-state index contributed by atoms with van der Waals surface area (Å²) in [6.07, 6.45) is 3.64. The van der Waals surface area contributed by atoms with Gasteiger partial charge in [-0.25, -0.2) is 4.39 Å². The molecule has 150 valence electrons. The van der Waals surface area contributed by atoms with E-state index in [2.05, 4.69) is 10.2 Å². The van der Waals surface area contributed by atoms with E-state index in [0.717, 1.165) is 42.6 Å². The van der Waals surface area contributed by atoms with Crippen LogP contribution in [0.1, 0.15) is 42.9 Å². The number of nitrogens with one attached hydrogen (secondary N) is 1. The predicted molar refractivity (Wildman–Crippen MR) is 109 cm³/mol. The highest BCUT2D eigenvalue weighted by atomic mass is 19.1. The second-order valence-corrected chi connectivity index (χ2v) is 7.76. The molecule has 0 heterocycles. The quantitative estimate of drug-likeness (QED) is 0.783. The molecule has 2 aromatic rings. The molecule has 3 rings (SSSR count). The van der Waals surface area contributed by atoms with Gasteiger partial charge in [0.25, 0.3) is 0 Å². The summed E-state index contributed by atoms with van der Waals surface area (Å²) in [6.45, 7) is 0.515. The Morgan fingerprint density at radius 3 is 2.25 bits per heavy atom. The van der Waals surface area contributed by atoms with Gasteiger partial charge in [0.2, 0.25) is 5.91 Å². The van der Waals surface area contributed by atoms with E-state index in [1.54, 1.807) is 19.2 Å². The lowest BCUT2D eigenvalue weighted by Gasteiger charge is -2.31. The van der Waals surface area contributed by atoms with E-state index in [9.17, 15) is 9.18 Å². The Morgan fingerprint density at radius 1 is 1.11 bits per heavy atom. The van der Waals surface area contributed by atoms with Gasteiger partial charge in [0.05, 0.1) is 18.6 Å². The molecular weight excluding hydrogens is 355 g/mol. The fraction of sp³-hybridized carbons (Fsp3) is 0.435. The average Bonchev–Trinajstić information content (AvgIpc) is 3.20. The number of halogens is 1. The highest BCUT2D eigenvalue weighted by molar-refractivity contribution is 5.88. The SMILES string of the molecule is COc1ccc([C@H](CNC(=O)C2(c3ccc(F)cc3)CCCC2)N(C)C)cc1. The minimum atomic E-state index is -0.551. The number of carbonyl (C=O) groups excluding carboxylic acids is 1.